The fourth-order valence-corrected chi connectivity index (χ4v) is 2.96. The Kier molecular flexibility index (Phi) is 6.88. The summed E-state index contributed by atoms with van der Waals surface area (Å²) in [5, 5.41) is 8.65. The number of ether oxygens (including phenoxy) is 1. The summed E-state index contributed by atoms with van der Waals surface area (Å²) in [5.41, 5.74) is 0.790. The summed E-state index contributed by atoms with van der Waals surface area (Å²) in [7, 11) is 0. The molecule has 0 spiro atoms. The molecule has 0 atom stereocenters. The fourth-order valence-electron chi connectivity index (χ4n) is 2.34. The maximum absolute atomic E-state index is 12.5. The van der Waals surface area contributed by atoms with Gasteiger partial charge in [0, 0.05) is 36.3 Å². The van der Waals surface area contributed by atoms with Crippen LogP contribution in [-0.4, -0.2) is 73.4 Å². The Balaban J connectivity index is 1.78. The lowest BCUT2D eigenvalue weighted by Gasteiger charge is -2.34. The molecule has 0 aliphatic carbocycles. The molecule has 21 heavy (non-hydrogen) atoms. The van der Waals surface area contributed by atoms with E-state index < -0.39 is 0 Å². The van der Waals surface area contributed by atoms with Crippen LogP contribution in [0.3, 0.4) is 0 Å². The number of piperazine rings is 1. The van der Waals surface area contributed by atoms with Crippen molar-refractivity contribution in [3.05, 3.63) is 33.4 Å². The molecule has 116 valence electrons. The monoisotopic (exact) mass is 404 g/mol. The third-order valence-corrected chi connectivity index (χ3v) is 4.49. The van der Waals surface area contributed by atoms with Crippen molar-refractivity contribution in [1.29, 1.82) is 0 Å². The van der Waals surface area contributed by atoms with Gasteiger partial charge in [-0.25, -0.2) is 0 Å². The first kappa shape index (κ1) is 16.7. The number of benzene rings is 1. The van der Waals surface area contributed by atoms with Crippen LogP contribution < -0.4 is 0 Å². The van der Waals surface area contributed by atoms with Crippen molar-refractivity contribution in [2.75, 3.05) is 52.5 Å². The summed E-state index contributed by atoms with van der Waals surface area (Å²) in [6.45, 7) is 5.20. The van der Waals surface area contributed by atoms with Crippen molar-refractivity contribution in [2.24, 2.45) is 0 Å². The Morgan fingerprint density at radius 1 is 1.19 bits per heavy atom. The molecule has 1 heterocycles. The highest BCUT2D eigenvalue weighted by atomic mass is 127. The van der Waals surface area contributed by atoms with Crippen LogP contribution in [0.4, 0.5) is 0 Å². The average molecular weight is 404 g/mol. The molecule has 1 aromatic carbocycles. The Morgan fingerprint density at radius 3 is 2.57 bits per heavy atom. The van der Waals surface area contributed by atoms with E-state index in [1.807, 2.05) is 29.2 Å². The van der Waals surface area contributed by atoms with Gasteiger partial charge < -0.3 is 14.7 Å². The first-order valence-corrected chi connectivity index (χ1v) is 8.25. The maximum atomic E-state index is 12.5. The van der Waals surface area contributed by atoms with E-state index >= 15 is 0 Å². The highest BCUT2D eigenvalue weighted by Crippen LogP contribution is 2.15. The summed E-state index contributed by atoms with van der Waals surface area (Å²) < 4.78 is 6.27. The van der Waals surface area contributed by atoms with Crippen molar-refractivity contribution >= 4 is 28.5 Å². The second-order valence-corrected chi connectivity index (χ2v) is 6.11. The molecular formula is C15H21IN2O3. The maximum Gasteiger partial charge on any atom is 0.255 e. The molecule has 0 saturated carbocycles. The topological polar surface area (TPSA) is 53.0 Å². The highest BCUT2D eigenvalue weighted by Gasteiger charge is 2.22. The van der Waals surface area contributed by atoms with Gasteiger partial charge >= 0.3 is 0 Å². The number of aliphatic hydroxyl groups is 1. The zero-order valence-electron chi connectivity index (χ0n) is 12.0. The number of nitrogens with zero attached hydrogens (tertiary/aromatic N) is 2. The van der Waals surface area contributed by atoms with Crippen LogP contribution in [0.15, 0.2) is 24.3 Å². The third kappa shape index (κ3) is 4.91. The SMILES string of the molecule is O=C(c1ccccc1I)N1CCN(CCOCCO)CC1. The number of hydrogen-bond acceptors (Lipinski definition) is 4. The minimum atomic E-state index is 0.0675. The van der Waals surface area contributed by atoms with E-state index in [-0.39, 0.29) is 12.5 Å². The van der Waals surface area contributed by atoms with Gasteiger partial charge in [-0.1, -0.05) is 12.1 Å². The van der Waals surface area contributed by atoms with E-state index in [0.717, 1.165) is 41.9 Å². The van der Waals surface area contributed by atoms with Crippen LogP contribution in [0.25, 0.3) is 0 Å². The standard InChI is InChI=1S/C15H21IN2O3/c16-14-4-2-1-3-13(14)15(20)18-7-5-17(6-8-18)9-11-21-12-10-19/h1-4,19H,5-12H2. The third-order valence-electron chi connectivity index (χ3n) is 3.55. The van der Waals surface area contributed by atoms with Gasteiger partial charge in [0.15, 0.2) is 0 Å². The number of carbonyl (C=O) groups is 1. The van der Waals surface area contributed by atoms with E-state index in [9.17, 15) is 4.79 Å². The molecule has 1 aliphatic rings. The van der Waals surface area contributed by atoms with Crippen molar-refractivity contribution in [2.45, 2.75) is 0 Å². The lowest BCUT2D eigenvalue weighted by molar-refractivity contribution is 0.0486. The normalized spacial score (nSPS) is 16.2. The quantitative estimate of drug-likeness (QED) is 0.569. The minimum absolute atomic E-state index is 0.0675. The van der Waals surface area contributed by atoms with Crippen molar-refractivity contribution < 1.29 is 14.6 Å². The zero-order valence-corrected chi connectivity index (χ0v) is 14.2. The molecule has 1 fully saturated rings. The molecule has 1 aliphatic heterocycles. The number of carbonyl (C=O) groups excluding carboxylic acids is 1. The van der Waals surface area contributed by atoms with Crippen LogP contribution in [0.2, 0.25) is 0 Å². The summed E-state index contributed by atoms with van der Waals surface area (Å²) >= 11 is 2.21. The molecule has 6 heteroatoms. The largest absolute Gasteiger partial charge is 0.394 e. The first-order chi connectivity index (χ1) is 10.2. The van der Waals surface area contributed by atoms with Crippen LogP contribution in [-0.2, 0) is 4.74 Å². The van der Waals surface area contributed by atoms with Gasteiger partial charge in [-0.2, -0.15) is 0 Å². The second-order valence-electron chi connectivity index (χ2n) is 4.95. The predicted octanol–water partition coefficient (Wildman–Crippen LogP) is 1.06. The Morgan fingerprint density at radius 2 is 1.90 bits per heavy atom. The summed E-state index contributed by atoms with van der Waals surface area (Å²) in [4.78, 5) is 16.7. The first-order valence-electron chi connectivity index (χ1n) is 7.17. The molecule has 0 radical (unpaired) electrons. The zero-order chi connectivity index (χ0) is 15.1. The van der Waals surface area contributed by atoms with E-state index in [2.05, 4.69) is 27.5 Å². The van der Waals surface area contributed by atoms with Gasteiger partial charge in [0.1, 0.15) is 0 Å². The second kappa shape index (κ2) is 8.67. The van der Waals surface area contributed by atoms with Crippen molar-refractivity contribution in [3.63, 3.8) is 0 Å². The molecule has 1 amide bonds. The van der Waals surface area contributed by atoms with Crippen molar-refractivity contribution in [1.82, 2.24) is 9.80 Å². The van der Waals surface area contributed by atoms with Gasteiger partial charge in [0.05, 0.1) is 25.4 Å². The summed E-state index contributed by atoms with van der Waals surface area (Å²) in [5.74, 6) is 0.121. The van der Waals surface area contributed by atoms with Gasteiger partial charge in [-0.15, -0.1) is 0 Å². The van der Waals surface area contributed by atoms with Gasteiger partial charge in [0.25, 0.3) is 5.91 Å². The van der Waals surface area contributed by atoms with Crippen LogP contribution in [0, 0.1) is 3.57 Å². The number of hydrogen-bond donors (Lipinski definition) is 1. The van der Waals surface area contributed by atoms with Crippen LogP contribution >= 0.6 is 22.6 Å². The lowest BCUT2D eigenvalue weighted by atomic mass is 10.2. The van der Waals surface area contributed by atoms with E-state index in [4.69, 9.17) is 9.84 Å². The lowest BCUT2D eigenvalue weighted by Crippen LogP contribution is -2.49. The molecule has 0 aromatic heterocycles. The average Bonchev–Trinajstić information content (AvgIpc) is 2.52. The van der Waals surface area contributed by atoms with Gasteiger partial charge in [-0.3, -0.25) is 9.69 Å². The Labute approximate surface area is 139 Å². The number of amides is 1. The van der Waals surface area contributed by atoms with Crippen LogP contribution in [0.1, 0.15) is 10.4 Å². The number of halogens is 1. The smallest absolute Gasteiger partial charge is 0.255 e. The Hall–Kier alpha value is -0.700. The molecule has 1 saturated heterocycles. The molecule has 2 rings (SSSR count). The molecule has 1 aromatic rings. The van der Waals surface area contributed by atoms with E-state index in [1.54, 1.807) is 0 Å². The molecule has 0 unspecified atom stereocenters. The minimum Gasteiger partial charge on any atom is -0.394 e. The molecule has 1 N–H and O–H groups in total. The van der Waals surface area contributed by atoms with E-state index in [1.165, 1.54) is 0 Å². The van der Waals surface area contributed by atoms with Gasteiger partial charge in [0.2, 0.25) is 0 Å². The van der Waals surface area contributed by atoms with Gasteiger partial charge in [-0.05, 0) is 34.7 Å². The molecule has 0 bridgehead atoms. The Bertz CT molecular complexity index is 462. The van der Waals surface area contributed by atoms with Crippen molar-refractivity contribution in [3.8, 4) is 0 Å². The number of rotatable bonds is 6. The fraction of sp³-hybridized carbons (Fsp3) is 0.533. The number of aliphatic hydroxyl groups excluding tert-OH is 1. The summed E-state index contributed by atoms with van der Waals surface area (Å²) in [6.07, 6.45) is 0. The van der Waals surface area contributed by atoms with E-state index in [0.29, 0.717) is 13.2 Å². The predicted molar refractivity (Wildman–Crippen MR) is 89.4 cm³/mol. The summed E-state index contributed by atoms with van der Waals surface area (Å²) in [6, 6.07) is 7.70. The highest BCUT2D eigenvalue weighted by molar-refractivity contribution is 14.1. The molecule has 5 nitrogen and oxygen atoms in total. The van der Waals surface area contributed by atoms with Crippen LogP contribution in [0.5, 0.6) is 0 Å². The molecular weight excluding hydrogens is 383 g/mol.